The van der Waals surface area contributed by atoms with Gasteiger partial charge < -0.3 is 15.2 Å². The first-order valence-corrected chi connectivity index (χ1v) is 5.33. The fraction of sp³-hybridized carbons (Fsp3) is 0.800. The van der Waals surface area contributed by atoms with Crippen molar-refractivity contribution in [3.63, 3.8) is 0 Å². The highest BCUT2D eigenvalue weighted by Gasteiger charge is 2.33. The number of nitrogens with one attached hydrogen (secondary N) is 1. The Labute approximate surface area is 87.8 Å². The third-order valence-electron chi connectivity index (χ3n) is 2.84. The van der Waals surface area contributed by atoms with Crippen molar-refractivity contribution in [1.82, 2.24) is 5.32 Å². The number of hydrogen-bond acceptors (Lipinski definition) is 3. The van der Waals surface area contributed by atoms with Crippen LogP contribution in [-0.2, 0) is 14.3 Å². The molecule has 2 fully saturated rings. The van der Waals surface area contributed by atoms with E-state index in [1.54, 1.807) is 0 Å². The quantitative estimate of drug-likeness (QED) is 0.696. The number of rotatable bonds is 4. The van der Waals surface area contributed by atoms with Crippen LogP contribution in [0.4, 0.5) is 0 Å². The van der Waals surface area contributed by atoms with Crippen molar-refractivity contribution in [1.29, 1.82) is 0 Å². The molecular weight excluding hydrogens is 198 g/mol. The normalized spacial score (nSPS) is 30.1. The lowest BCUT2D eigenvalue weighted by atomic mass is 10.2. The van der Waals surface area contributed by atoms with Gasteiger partial charge in [0.1, 0.15) is 0 Å². The van der Waals surface area contributed by atoms with Gasteiger partial charge in [0.25, 0.3) is 0 Å². The molecule has 0 radical (unpaired) electrons. The maximum Gasteiger partial charge on any atom is 0.332 e. The van der Waals surface area contributed by atoms with E-state index in [9.17, 15) is 9.59 Å². The van der Waals surface area contributed by atoms with E-state index < -0.39 is 12.1 Å². The first kappa shape index (κ1) is 10.4. The number of carboxylic acid groups (broad SMARTS) is 1. The van der Waals surface area contributed by atoms with E-state index >= 15 is 0 Å². The molecule has 2 N–H and O–H groups in total. The van der Waals surface area contributed by atoms with Crippen LogP contribution in [0.3, 0.4) is 0 Å². The minimum Gasteiger partial charge on any atom is -0.479 e. The summed E-state index contributed by atoms with van der Waals surface area (Å²) in [7, 11) is 0. The Morgan fingerprint density at radius 2 is 2.00 bits per heavy atom. The van der Waals surface area contributed by atoms with Crippen LogP contribution < -0.4 is 5.32 Å². The molecule has 1 saturated carbocycles. The van der Waals surface area contributed by atoms with Gasteiger partial charge in [-0.05, 0) is 25.7 Å². The van der Waals surface area contributed by atoms with Crippen LogP contribution in [0.25, 0.3) is 0 Å². The number of aliphatic carboxylic acids is 1. The fourth-order valence-electron chi connectivity index (χ4n) is 1.74. The van der Waals surface area contributed by atoms with Gasteiger partial charge in [-0.2, -0.15) is 0 Å². The highest BCUT2D eigenvalue weighted by molar-refractivity contribution is 5.80. The van der Waals surface area contributed by atoms with E-state index in [4.69, 9.17) is 9.84 Å². The lowest BCUT2D eigenvalue weighted by Crippen LogP contribution is -2.33. The average molecular weight is 213 g/mol. The van der Waals surface area contributed by atoms with E-state index in [2.05, 4.69) is 5.32 Å². The smallest absolute Gasteiger partial charge is 0.332 e. The van der Waals surface area contributed by atoms with Crippen molar-refractivity contribution in [3.05, 3.63) is 0 Å². The Bertz CT molecular complexity index is 275. The molecule has 0 aromatic heterocycles. The number of carboxylic acids is 1. The Balaban J connectivity index is 1.68. The standard InChI is InChI=1S/C10H15NO4/c12-9(6-1-2-6)11-5-7-3-4-8(15-7)10(13)14/h6-8H,1-5H2,(H,11,12)(H,13,14). The van der Waals surface area contributed by atoms with Gasteiger partial charge in [0.2, 0.25) is 5.91 Å². The van der Waals surface area contributed by atoms with Crippen LogP contribution in [0.1, 0.15) is 25.7 Å². The number of hydrogen-bond donors (Lipinski definition) is 2. The first-order valence-electron chi connectivity index (χ1n) is 5.33. The molecule has 5 nitrogen and oxygen atoms in total. The van der Waals surface area contributed by atoms with Gasteiger partial charge >= 0.3 is 5.97 Å². The highest BCUT2D eigenvalue weighted by Crippen LogP contribution is 2.29. The molecule has 2 aliphatic rings. The molecule has 1 heterocycles. The van der Waals surface area contributed by atoms with Crippen molar-refractivity contribution >= 4 is 11.9 Å². The molecule has 0 spiro atoms. The van der Waals surface area contributed by atoms with Crippen molar-refractivity contribution < 1.29 is 19.4 Å². The Kier molecular flexibility index (Phi) is 2.90. The number of carbonyl (C=O) groups is 2. The Hall–Kier alpha value is -1.10. The molecule has 1 saturated heterocycles. The summed E-state index contributed by atoms with van der Waals surface area (Å²) in [5, 5.41) is 11.5. The van der Waals surface area contributed by atoms with Crippen molar-refractivity contribution in [2.24, 2.45) is 5.92 Å². The summed E-state index contributed by atoms with van der Waals surface area (Å²) < 4.78 is 5.26. The summed E-state index contributed by atoms with van der Waals surface area (Å²) >= 11 is 0. The second kappa shape index (κ2) is 4.18. The summed E-state index contributed by atoms with van der Waals surface area (Å²) in [5.74, 6) is -0.634. The van der Waals surface area contributed by atoms with Gasteiger partial charge in [0.05, 0.1) is 6.10 Å². The van der Waals surface area contributed by atoms with Crippen LogP contribution in [0.15, 0.2) is 0 Å². The summed E-state index contributed by atoms with van der Waals surface area (Å²) in [5.41, 5.74) is 0. The van der Waals surface area contributed by atoms with Crippen LogP contribution in [0, 0.1) is 5.92 Å². The lowest BCUT2D eigenvalue weighted by molar-refractivity contribution is -0.149. The highest BCUT2D eigenvalue weighted by atomic mass is 16.5. The molecule has 5 heteroatoms. The second-order valence-corrected chi connectivity index (χ2v) is 4.18. The van der Waals surface area contributed by atoms with Gasteiger partial charge in [0.15, 0.2) is 6.10 Å². The zero-order valence-electron chi connectivity index (χ0n) is 8.44. The second-order valence-electron chi connectivity index (χ2n) is 4.18. The summed E-state index contributed by atoms with van der Waals surface area (Å²) in [6.45, 7) is 0.444. The number of amides is 1. The average Bonchev–Trinajstić information content (AvgIpc) is 2.93. The van der Waals surface area contributed by atoms with E-state index in [0.29, 0.717) is 19.4 Å². The Morgan fingerprint density at radius 1 is 1.27 bits per heavy atom. The molecule has 0 bridgehead atoms. The zero-order valence-corrected chi connectivity index (χ0v) is 8.44. The summed E-state index contributed by atoms with van der Waals surface area (Å²) in [4.78, 5) is 21.9. The van der Waals surface area contributed by atoms with E-state index in [1.165, 1.54) is 0 Å². The molecule has 1 aliphatic carbocycles. The molecule has 0 aromatic rings. The molecule has 2 unspecified atom stereocenters. The zero-order chi connectivity index (χ0) is 10.8. The van der Waals surface area contributed by atoms with E-state index in [0.717, 1.165) is 12.8 Å². The predicted molar refractivity (Wildman–Crippen MR) is 51.3 cm³/mol. The maximum absolute atomic E-state index is 11.3. The van der Waals surface area contributed by atoms with Gasteiger partial charge in [-0.15, -0.1) is 0 Å². The van der Waals surface area contributed by atoms with E-state index in [-0.39, 0.29) is 17.9 Å². The predicted octanol–water partition coefficient (Wildman–Crippen LogP) is 0.145. The lowest BCUT2D eigenvalue weighted by Gasteiger charge is -2.11. The van der Waals surface area contributed by atoms with Crippen molar-refractivity contribution in [2.75, 3.05) is 6.54 Å². The molecule has 2 rings (SSSR count). The minimum atomic E-state index is -0.911. The van der Waals surface area contributed by atoms with Crippen molar-refractivity contribution in [2.45, 2.75) is 37.9 Å². The molecule has 2 atom stereocenters. The Morgan fingerprint density at radius 3 is 2.53 bits per heavy atom. The maximum atomic E-state index is 11.3. The SMILES string of the molecule is O=C(NCC1CCC(C(=O)O)O1)C1CC1. The first-order chi connectivity index (χ1) is 7.16. The van der Waals surface area contributed by atoms with Gasteiger partial charge in [-0.25, -0.2) is 4.79 Å². The third kappa shape index (κ3) is 2.68. The van der Waals surface area contributed by atoms with Crippen LogP contribution in [0.5, 0.6) is 0 Å². The van der Waals surface area contributed by atoms with E-state index in [1.807, 2.05) is 0 Å². The molecule has 1 aliphatic heterocycles. The fourth-order valence-corrected chi connectivity index (χ4v) is 1.74. The molecule has 84 valence electrons. The summed E-state index contributed by atoms with van der Waals surface area (Å²) in [6, 6.07) is 0. The number of ether oxygens (including phenoxy) is 1. The molecule has 15 heavy (non-hydrogen) atoms. The third-order valence-corrected chi connectivity index (χ3v) is 2.84. The molecule has 0 aromatic carbocycles. The molecular formula is C10H15NO4. The van der Waals surface area contributed by atoms with Crippen LogP contribution in [0.2, 0.25) is 0 Å². The largest absolute Gasteiger partial charge is 0.479 e. The van der Waals surface area contributed by atoms with Crippen LogP contribution >= 0.6 is 0 Å². The number of carbonyl (C=O) groups excluding carboxylic acids is 1. The van der Waals surface area contributed by atoms with Crippen LogP contribution in [-0.4, -0.2) is 35.7 Å². The van der Waals surface area contributed by atoms with Gasteiger partial charge in [-0.1, -0.05) is 0 Å². The monoisotopic (exact) mass is 213 g/mol. The van der Waals surface area contributed by atoms with Gasteiger partial charge in [-0.3, -0.25) is 4.79 Å². The topological polar surface area (TPSA) is 75.6 Å². The van der Waals surface area contributed by atoms with Crippen molar-refractivity contribution in [3.8, 4) is 0 Å². The minimum absolute atomic E-state index is 0.0809. The summed E-state index contributed by atoms with van der Waals surface area (Å²) in [6.07, 6.45) is 2.40. The molecule has 1 amide bonds. The van der Waals surface area contributed by atoms with Gasteiger partial charge in [0, 0.05) is 12.5 Å².